The first kappa shape index (κ1) is 12.5. The summed E-state index contributed by atoms with van der Waals surface area (Å²) in [5.74, 6) is 0. The molecule has 0 saturated carbocycles. The highest BCUT2D eigenvalue weighted by molar-refractivity contribution is 7.99. The third-order valence-electron chi connectivity index (χ3n) is 4.40. The summed E-state index contributed by atoms with van der Waals surface area (Å²) in [6.45, 7) is 2.47. The molecule has 20 heavy (non-hydrogen) atoms. The molecule has 0 bridgehead atoms. The molecule has 102 valence electrons. The van der Waals surface area contributed by atoms with E-state index in [4.69, 9.17) is 0 Å². The standard InChI is InChI=1S/C18H19NS/c1-6-12-19(13-7-1)18-14-8-2-4-10-16(14)20-17-11-5-3-9-15(17)18/h2-5,8-11,18H,1,6-7,12-13H2. The van der Waals surface area contributed by atoms with Crippen molar-refractivity contribution in [2.75, 3.05) is 13.1 Å². The number of hydrogen-bond acceptors (Lipinski definition) is 2. The minimum Gasteiger partial charge on any atom is -0.292 e. The first-order chi connectivity index (χ1) is 9.93. The zero-order valence-electron chi connectivity index (χ0n) is 11.6. The number of likely N-dealkylation sites (tertiary alicyclic amines) is 1. The Morgan fingerprint density at radius 1 is 0.750 bits per heavy atom. The molecule has 0 atom stereocenters. The van der Waals surface area contributed by atoms with Crippen LogP contribution in [0.15, 0.2) is 58.3 Å². The molecule has 1 saturated heterocycles. The van der Waals surface area contributed by atoms with Crippen LogP contribution in [-0.4, -0.2) is 18.0 Å². The Labute approximate surface area is 125 Å². The Kier molecular flexibility index (Phi) is 3.29. The lowest BCUT2D eigenvalue weighted by molar-refractivity contribution is 0.183. The van der Waals surface area contributed by atoms with Crippen LogP contribution in [0.4, 0.5) is 0 Å². The number of hydrogen-bond donors (Lipinski definition) is 0. The average Bonchev–Trinajstić information content (AvgIpc) is 2.53. The minimum absolute atomic E-state index is 0.462. The SMILES string of the molecule is c1ccc2c(c1)Sc1ccccc1C2N1CCCCC1. The molecular weight excluding hydrogens is 262 g/mol. The molecule has 0 spiro atoms. The molecule has 1 nitrogen and oxygen atoms in total. The van der Waals surface area contributed by atoms with Gasteiger partial charge in [-0.25, -0.2) is 0 Å². The highest BCUT2D eigenvalue weighted by Crippen LogP contribution is 2.47. The number of rotatable bonds is 1. The van der Waals surface area contributed by atoms with Crippen LogP contribution in [0, 0.1) is 0 Å². The van der Waals surface area contributed by atoms with E-state index in [0.29, 0.717) is 6.04 Å². The third kappa shape index (κ3) is 2.07. The number of fused-ring (bicyclic) bond motifs is 2. The molecule has 0 aromatic heterocycles. The van der Waals surface area contributed by atoms with Gasteiger partial charge in [0.15, 0.2) is 0 Å². The first-order valence-electron chi connectivity index (χ1n) is 7.53. The van der Waals surface area contributed by atoms with Crippen molar-refractivity contribution >= 4 is 11.8 Å². The topological polar surface area (TPSA) is 3.24 Å². The number of nitrogens with zero attached hydrogens (tertiary/aromatic N) is 1. The molecule has 2 aliphatic heterocycles. The smallest absolute Gasteiger partial charge is 0.0624 e. The Balaban J connectivity index is 1.83. The van der Waals surface area contributed by atoms with Gasteiger partial charge < -0.3 is 0 Å². The summed E-state index contributed by atoms with van der Waals surface area (Å²) < 4.78 is 0. The lowest BCUT2D eigenvalue weighted by Crippen LogP contribution is -2.35. The first-order valence-corrected chi connectivity index (χ1v) is 8.35. The lowest BCUT2D eigenvalue weighted by Gasteiger charge is -2.39. The number of piperidine rings is 1. The van der Waals surface area contributed by atoms with Gasteiger partial charge >= 0.3 is 0 Å². The monoisotopic (exact) mass is 281 g/mol. The van der Waals surface area contributed by atoms with Crippen LogP contribution in [0.25, 0.3) is 0 Å². The molecule has 2 heterocycles. The summed E-state index contributed by atoms with van der Waals surface area (Å²) >= 11 is 1.92. The van der Waals surface area contributed by atoms with Gasteiger partial charge in [-0.15, -0.1) is 0 Å². The van der Waals surface area contributed by atoms with Gasteiger partial charge in [0.2, 0.25) is 0 Å². The second-order valence-electron chi connectivity index (χ2n) is 5.68. The van der Waals surface area contributed by atoms with Gasteiger partial charge in [-0.05, 0) is 49.2 Å². The Morgan fingerprint density at radius 2 is 1.30 bits per heavy atom. The van der Waals surface area contributed by atoms with Crippen LogP contribution in [-0.2, 0) is 0 Å². The second kappa shape index (κ2) is 5.27. The minimum atomic E-state index is 0.462. The maximum absolute atomic E-state index is 2.68. The van der Waals surface area contributed by atoms with Crippen molar-refractivity contribution in [3.63, 3.8) is 0 Å². The van der Waals surface area contributed by atoms with Gasteiger partial charge in [0, 0.05) is 9.79 Å². The van der Waals surface area contributed by atoms with Crippen LogP contribution in [0.2, 0.25) is 0 Å². The highest BCUT2D eigenvalue weighted by atomic mass is 32.2. The van der Waals surface area contributed by atoms with Crippen LogP contribution in [0.5, 0.6) is 0 Å². The summed E-state index contributed by atoms with van der Waals surface area (Å²) in [4.78, 5) is 5.55. The largest absolute Gasteiger partial charge is 0.292 e. The molecule has 2 heteroatoms. The number of benzene rings is 2. The molecular formula is C18H19NS. The van der Waals surface area contributed by atoms with Crippen molar-refractivity contribution in [1.82, 2.24) is 4.90 Å². The molecule has 0 aliphatic carbocycles. The van der Waals surface area contributed by atoms with E-state index in [1.165, 1.54) is 53.3 Å². The summed E-state index contributed by atoms with van der Waals surface area (Å²) in [6, 6.07) is 18.3. The molecule has 0 radical (unpaired) electrons. The fraction of sp³-hybridized carbons (Fsp3) is 0.333. The van der Waals surface area contributed by atoms with E-state index in [1.54, 1.807) is 0 Å². The molecule has 2 aliphatic rings. The second-order valence-corrected chi connectivity index (χ2v) is 6.76. The fourth-order valence-corrected chi connectivity index (χ4v) is 4.58. The van der Waals surface area contributed by atoms with Crippen molar-refractivity contribution in [3.8, 4) is 0 Å². The van der Waals surface area contributed by atoms with Crippen molar-refractivity contribution in [1.29, 1.82) is 0 Å². The van der Waals surface area contributed by atoms with E-state index >= 15 is 0 Å². The van der Waals surface area contributed by atoms with Crippen molar-refractivity contribution in [2.45, 2.75) is 35.1 Å². The van der Waals surface area contributed by atoms with E-state index in [0.717, 1.165) is 0 Å². The molecule has 1 fully saturated rings. The van der Waals surface area contributed by atoms with Gasteiger partial charge in [0.25, 0.3) is 0 Å². The van der Waals surface area contributed by atoms with E-state index in [1.807, 2.05) is 11.8 Å². The summed E-state index contributed by atoms with van der Waals surface area (Å²) in [5.41, 5.74) is 3.00. The van der Waals surface area contributed by atoms with Crippen LogP contribution in [0.1, 0.15) is 36.4 Å². The predicted molar refractivity (Wildman–Crippen MR) is 84.3 cm³/mol. The molecule has 2 aromatic carbocycles. The molecule has 0 N–H and O–H groups in total. The zero-order valence-corrected chi connectivity index (χ0v) is 12.4. The third-order valence-corrected chi connectivity index (χ3v) is 5.59. The van der Waals surface area contributed by atoms with Crippen LogP contribution in [0.3, 0.4) is 0 Å². The van der Waals surface area contributed by atoms with Gasteiger partial charge in [-0.1, -0.05) is 54.6 Å². The van der Waals surface area contributed by atoms with Crippen LogP contribution >= 0.6 is 11.8 Å². The fourth-order valence-electron chi connectivity index (χ4n) is 3.45. The molecule has 4 rings (SSSR count). The van der Waals surface area contributed by atoms with E-state index in [9.17, 15) is 0 Å². The maximum Gasteiger partial charge on any atom is 0.0624 e. The van der Waals surface area contributed by atoms with Gasteiger partial charge in [-0.2, -0.15) is 0 Å². The quantitative estimate of drug-likeness (QED) is 0.743. The van der Waals surface area contributed by atoms with Crippen molar-refractivity contribution < 1.29 is 0 Å². The molecule has 0 unspecified atom stereocenters. The zero-order chi connectivity index (χ0) is 13.4. The van der Waals surface area contributed by atoms with Crippen molar-refractivity contribution in [2.24, 2.45) is 0 Å². The molecule has 2 aromatic rings. The predicted octanol–water partition coefficient (Wildman–Crippen LogP) is 4.73. The van der Waals surface area contributed by atoms with Crippen molar-refractivity contribution in [3.05, 3.63) is 59.7 Å². The van der Waals surface area contributed by atoms with Crippen LogP contribution < -0.4 is 0 Å². The summed E-state index contributed by atoms with van der Waals surface area (Å²) in [6.07, 6.45) is 4.07. The van der Waals surface area contributed by atoms with E-state index in [-0.39, 0.29) is 0 Å². The van der Waals surface area contributed by atoms with E-state index < -0.39 is 0 Å². The normalized spacial score (nSPS) is 19.4. The van der Waals surface area contributed by atoms with Gasteiger partial charge in [-0.3, -0.25) is 4.90 Å². The Morgan fingerprint density at radius 3 is 1.90 bits per heavy atom. The summed E-state index contributed by atoms with van der Waals surface area (Å²) in [5, 5.41) is 0. The Hall–Kier alpha value is -1.25. The van der Waals surface area contributed by atoms with Gasteiger partial charge in [0.05, 0.1) is 6.04 Å². The average molecular weight is 281 g/mol. The molecule has 0 amide bonds. The summed E-state index contributed by atoms with van der Waals surface area (Å²) in [7, 11) is 0. The van der Waals surface area contributed by atoms with Gasteiger partial charge in [0.1, 0.15) is 0 Å². The maximum atomic E-state index is 2.68. The van der Waals surface area contributed by atoms with E-state index in [2.05, 4.69) is 53.4 Å². The lowest BCUT2D eigenvalue weighted by atomic mass is 9.94. The highest BCUT2D eigenvalue weighted by Gasteiger charge is 2.30. The Bertz CT molecular complexity index is 571.